The number of para-hydroxylation sites is 1. The van der Waals surface area contributed by atoms with E-state index in [4.69, 9.17) is 0 Å². The molecule has 3 aromatic rings. The predicted octanol–water partition coefficient (Wildman–Crippen LogP) is 1.68. The van der Waals surface area contributed by atoms with Gasteiger partial charge in [-0.05, 0) is 24.3 Å². The molecule has 150 valence electrons. The van der Waals surface area contributed by atoms with Gasteiger partial charge in [0.2, 0.25) is 0 Å². The first kappa shape index (κ1) is 20.0. The van der Waals surface area contributed by atoms with Crippen LogP contribution in [-0.2, 0) is 0 Å². The molecule has 0 unspecified atom stereocenters. The Hall–Kier alpha value is -3.72. The van der Waals surface area contributed by atoms with Gasteiger partial charge in [-0.2, -0.15) is 0 Å². The highest BCUT2D eigenvalue weighted by Gasteiger charge is 2.25. The molecule has 0 bridgehead atoms. The number of benzene rings is 2. The Labute approximate surface area is 164 Å². The van der Waals surface area contributed by atoms with E-state index in [2.05, 4.69) is 10.6 Å². The van der Waals surface area contributed by atoms with E-state index in [0.29, 0.717) is 0 Å². The number of phenolic OH excluding ortho intramolecular Hbond substituents is 1. The Morgan fingerprint density at radius 1 is 1.03 bits per heavy atom. The lowest BCUT2D eigenvalue weighted by Crippen LogP contribution is -2.37. The molecular weight excluding hydrogens is 381 g/mol. The standard InChI is InChI=1S/C20H18FN3O5/c1-24(2)20(29)12-4-3-5-13(16(12)25)22-14-15(18(27)17(14)26)23-19(28)10-6-8-11(21)9-7-10/h3-9,19,22-23,25,28H,1-2H3/t19-/m1/s1. The molecule has 0 aliphatic rings. The lowest BCUT2D eigenvalue weighted by atomic mass is 10.1. The molecule has 0 fully saturated rings. The van der Waals surface area contributed by atoms with Crippen molar-refractivity contribution in [2.75, 3.05) is 24.7 Å². The molecule has 1 atom stereocenters. The van der Waals surface area contributed by atoms with Crippen molar-refractivity contribution in [1.82, 2.24) is 4.90 Å². The zero-order valence-electron chi connectivity index (χ0n) is 15.6. The van der Waals surface area contributed by atoms with Gasteiger partial charge in [-0.15, -0.1) is 0 Å². The van der Waals surface area contributed by atoms with E-state index in [1.54, 1.807) is 0 Å². The van der Waals surface area contributed by atoms with Crippen LogP contribution in [0.25, 0.3) is 0 Å². The van der Waals surface area contributed by atoms with E-state index in [1.807, 2.05) is 0 Å². The van der Waals surface area contributed by atoms with E-state index >= 15 is 0 Å². The number of aliphatic hydroxyl groups is 1. The Kier molecular flexibility index (Phi) is 5.33. The summed E-state index contributed by atoms with van der Waals surface area (Å²) in [5.74, 6) is -1.31. The van der Waals surface area contributed by atoms with E-state index in [9.17, 15) is 29.0 Å². The number of hydrogen-bond acceptors (Lipinski definition) is 7. The number of anilines is 3. The Bertz CT molecular complexity index is 1130. The number of nitrogens with one attached hydrogen (secondary N) is 2. The molecule has 9 heteroatoms. The Morgan fingerprint density at radius 2 is 1.66 bits per heavy atom. The number of phenols is 1. The fraction of sp³-hybridized carbons (Fsp3) is 0.150. The zero-order chi connectivity index (χ0) is 21.3. The number of nitrogens with zero attached hydrogens (tertiary/aromatic N) is 1. The average Bonchev–Trinajstić information content (AvgIpc) is 2.71. The van der Waals surface area contributed by atoms with Crippen LogP contribution in [0.2, 0.25) is 0 Å². The monoisotopic (exact) mass is 399 g/mol. The van der Waals surface area contributed by atoms with Crippen LogP contribution in [-0.4, -0.2) is 35.1 Å². The van der Waals surface area contributed by atoms with E-state index in [0.717, 1.165) is 12.1 Å². The molecule has 0 radical (unpaired) electrons. The van der Waals surface area contributed by atoms with Crippen LogP contribution in [0.4, 0.5) is 21.5 Å². The molecule has 3 rings (SSSR count). The summed E-state index contributed by atoms with van der Waals surface area (Å²) in [4.78, 5) is 37.3. The molecular formula is C20H18FN3O5. The molecule has 4 N–H and O–H groups in total. The SMILES string of the molecule is CN(C)C(=O)c1cccc(Nc2c(N[C@H](O)c3ccc(F)cc3)c(=O)c2=O)c1O. The second kappa shape index (κ2) is 7.72. The minimum absolute atomic E-state index is 0.0135. The molecule has 0 aromatic heterocycles. The van der Waals surface area contributed by atoms with E-state index in [1.165, 1.54) is 49.3 Å². The van der Waals surface area contributed by atoms with Crippen LogP contribution >= 0.6 is 0 Å². The molecule has 8 nitrogen and oxygen atoms in total. The van der Waals surface area contributed by atoms with Crippen molar-refractivity contribution in [3.8, 4) is 5.75 Å². The maximum atomic E-state index is 13.0. The summed E-state index contributed by atoms with van der Waals surface area (Å²) in [5, 5.41) is 25.7. The van der Waals surface area contributed by atoms with Gasteiger partial charge in [0, 0.05) is 19.7 Å². The average molecular weight is 399 g/mol. The molecule has 0 heterocycles. The van der Waals surface area contributed by atoms with Crippen LogP contribution < -0.4 is 21.5 Å². The summed E-state index contributed by atoms with van der Waals surface area (Å²) in [5.41, 5.74) is -1.71. The topological polar surface area (TPSA) is 119 Å². The minimum atomic E-state index is -1.37. The van der Waals surface area contributed by atoms with Gasteiger partial charge in [0.05, 0.1) is 11.3 Å². The Balaban J connectivity index is 1.87. The first-order valence-corrected chi connectivity index (χ1v) is 8.54. The maximum Gasteiger partial charge on any atom is 0.257 e. The first-order chi connectivity index (χ1) is 13.7. The van der Waals surface area contributed by atoms with Crippen LogP contribution in [0.15, 0.2) is 52.1 Å². The largest absolute Gasteiger partial charge is 0.505 e. The van der Waals surface area contributed by atoms with Crippen molar-refractivity contribution in [3.63, 3.8) is 0 Å². The van der Waals surface area contributed by atoms with E-state index in [-0.39, 0.29) is 33.9 Å². The second-order valence-electron chi connectivity index (χ2n) is 6.53. The summed E-state index contributed by atoms with van der Waals surface area (Å²) >= 11 is 0. The fourth-order valence-electron chi connectivity index (χ4n) is 2.71. The highest BCUT2D eigenvalue weighted by molar-refractivity contribution is 5.99. The van der Waals surface area contributed by atoms with Crippen molar-refractivity contribution in [2.45, 2.75) is 6.23 Å². The van der Waals surface area contributed by atoms with E-state index < -0.39 is 28.8 Å². The quantitative estimate of drug-likeness (QED) is 0.283. The summed E-state index contributed by atoms with van der Waals surface area (Å²) in [6.07, 6.45) is -1.37. The Morgan fingerprint density at radius 3 is 2.28 bits per heavy atom. The number of hydrogen-bond donors (Lipinski definition) is 4. The van der Waals surface area contributed by atoms with Gasteiger partial charge in [0.25, 0.3) is 16.8 Å². The summed E-state index contributed by atoms with van der Waals surface area (Å²) < 4.78 is 13.0. The van der Waals surface area contributed by atoms with Crippen LogP contribution in [0, 0.1) is 5.82 Å². The van der Waals surface area contributed by atoms with Gasteiger partial charge in [-0.1, -0.05) is 18.2 Å². The lowest BCUT2D eigenvalue weighted by Gasteiger charge is -2.20. The molecule has 0 aliphatic carbocycles. The molecule has 0 aliphatic heterocycles. The first-order valence-electron chi connectivity index (χ1n) is 8.54. The number of halogens is 1. The summed E-state index contributed by atoms with van der Waals surface area (Å²) in [7, 11) is 3.05. The third-order valence-electron chi connectivity index (χ3n) is 4.31. The van der Waals surface area contributed by atoms with Gasteiger partial charge in [0.15, 0.2) is 12.0 Å². The molecule has 29 heavy (non-hydrogen) atoms. The van der Waals surface area contributed by atoms with Crippen LogP contribution in [0.1, 0.15) is 22.1 Å². The molecule has 0 saturated carbocycles. The van der Waals surface area contributed by atoms with Crippen molar-refractivity contribution in [3.05, 3.63) is 79.9 Å². The highest BCUT2D eigenvalue weighted by Crippen LogP contribution is 2.32. The number of aromatic hydroxyl groups is 1. The normalized spacial score (nSPS) is 11.9. The summed E-state index contributed by atoms with van der Waals surface area (Å²) in [6.45, 7) is 0. The molecule has 1 amide bonds. The number of carbonyl (C=O) groups excluding carboxylic acids is 1. The van der Waals surface area contributed by atoms with Gasteiger partial charge in [0.1, 0.15) is 17.2 Å². The van der Waals surface area contributed by atoms with Gasteiger partial charge >= 0.3 is 0 Å². The highest BCUT2D eigenvalue weighted by atomic mass is 19.1. The number of aliphatic hydroxyl groups excluding tert-OH is 1. The lowest BCUT2D eigenvalue weighted by molar-refractivity contribution is 0.0824. The molecule has 0 spiro atoms. The van der Waals surface area contributed by atoms with Crippen molar-refractivity contribution in [1.29, 1.82) is 0 Å². The van der Waals surface area contributed by atoms with Crippen molar-refractivity contribution in [2.24, 2.45) is 0 Å². The van der Waals surface area contributed by atoms with Crippen LogP contribution in [0.3, 0.4) is 0 Å². The number of amides is 1. The molecule has 3 aromatic carbocycles. The van der Waals surface area contributed by atoms with Gasteiger partial charge < -0.3 is 25.7 Å². The predicted molar refractivity (Wildman–Crippen MR) is 106 cm³/mol. The van der Waals surface area contributed by atoms with Crippen LogP contribution in [0.5, 0.6) is 5.75 Å². The zero-order valence-corrected chi connectivity index (χ0v) is 15.6. The molecule has 0 saturated heterocycles. The minimum Gasteiger partial charge on any atom is -0.505 e. The smallest absolute Gasteiger partial charge is 0.257 e. The second-order valence-corrected chi connectivity index (χ2v) is 6.53. The van der Waals surface area contributed by atoms with Gasteiger partial charge in [-0.25, -0.2) is 4.39 Å². The fourth-order valence-corrected chi connectivity index (χ4v) is 2.71. The number of rotatable bonds is 6. The summed E-state index contributed by atoms with van der Waals surface area (Å²) in [6, 6.07) is 9.30. The van der Waals surface area contributed by atoms with Crippen molar-refractivity contribution >= 4 is 23.0 Å². The third kappa shape index (κ3) is 3.81. The maximum absolute atomic E-state index is 13.0. The van der Waals surface area contributed by atoms with Crippen molar-refractivity contribution < 1.29 is 19.4 Å². The van der Waals surface area contributed by atoms with Gasteiger partial charge in [-0.3, -0.25) is 14.4 Å². The third-order valence-corrected chi connectivity index (χ3v) is 4.31. The number of carbonyl (C=O) groups is 1.